The molecule has 0 aliphatic carbocycles. The van der Waals surface area contributed by atoms with E-state index in [0.29, 0.717) is 9.66 Å². The second kappa shape index (κ2) is 3.66. The average Bonchev–Trinajstić information content (AvgIpc) is 2.08. The number of aromatic hydroxyl groups is 1. The average molecular weight is 200 g/mol. The van der Waals surface area contributed by atoms with Crippen LogP contribution in [0.1, 0.15) is 0 Å². The first kappa shape index (κ1) is 9.85. The highest BCUT2D eigenvalue weighted by Crippen LogP contribution is 2.37. The highest BCUT2D eigenvalue weighted by molar-refractivity contribution is 7.80. The van der Waals surface area contributed by atoms with Gasteiger partial charge in [0, 0.05) is 20.6 Å². The Morgan fingerprint density at radius 3 is 2.62 bits per heavy atom. The van der Waals surface area contributed by atoms with Crippen molar-refractivity contribution in [3.8, 4) is 11.5 Å². The van der Waals surface area contributed by atoms with Crippen molar-refractivity contribution in [3.05, 3.63) is 17.0 Å². The monoisotopic (exact) mass is 200 g/mol. The fourth-order valence-corrected chi connectivity index (χ4v) is 1.21. The second-order valence-electron chi connectivity index (χ2n) is 2.51. The summed E-state index contributed by atoms with van der Waals surface area (Å²) in [5.74, 6) is 0.0722. The Kier molecular flexibility index (Phi) is 2.77. The van der Waals surface area contributed by atoms with Gasteiger partial charge in [0.15, 0.2) is 12.8 Å². The Bertz CT molecular complexity index is 351. The number of phenolic OH excluding ortho intramolecular Hbond substituents is 1. The van der Waals surface area contributed by atoms with E-state index in [2.05, 4.69) is 12.6 Å². The zero-order valence-corrected chi connectivity index (χ0v) is 8.21. The van der Waals surface area contributed by atoms with E-state index < -0.39 is 0 Å². The summed E-state index contributed by atoms with van der Waals surface area (Å²) in [6.45, 7) is 0. The summed E-state index contributed by atoms with van der Waals surface area (Å²) in [7, 11) is 2.71. The smallest absolute Gasteiger partial charge is 0.301 e. The molecule has 0 radical (unpaired) electrons. The van der Waals surface area contributed by atoms with Crippen LogP contribution < -0.4 is 4.74 Å². The van der Waals surface area contributed by atoms with Crippen molar-refractivity contribution in [1.29, 1.82) is 0 Å². The zero-order valence-electron chi connectivity index (χ0n) is 7.31. The fraction of sp³-hybridized carbons (Fsp3) is 0.250. The molecule has 0 saturated carbocycles. The van der Waals surface area contributed by atoms with Crippen molar-refractivity contribution < 1.29 is 14.6 Å². The minimum atomic E-state index is -0.169. The lowest BCUT2D eigenvalue weighted by atomic mass is 10.2. The maximum absolute atomic E-state index is 11.0. The van der Waals surface area contributed by atoms with Gasteiger partial charge in [0.2, 0.25) is 5.75 Å². The number of thiol groups is 1. The highest BCUT2D eigenvalue weighted by Gasteiger charge is 2.19. The van der Waals surface area contributed by atoms with E-state index in [1.807, 2.05) is 0 Å². The lowest BCUT2D eigenvalue weighted by Gasteiger charge is -2.03. The molecule has 1 aromatic rings. The van der Waals surface area contributed by atoms with Crippen molar-refractivity contribution in [2.24, 2.45) is 0 Å². The zero-order chi connectivity index (χ0) is 10.0. The van der Waals surface area contributed by atoms with E-state index in [9.17, 15) is 10.0 Å². The molecule has 0 aliphatic rings. The number of rotatable bonds is 2. The molecule has 13 heavy (non-hydrogen) atoms. The maximum Gasteiger partial charge on any atom is 0.301 e. The molecule has 0 spiro atoms. The lowest BCUT2D eigenvalue weighted by molar-refractivity contribution is -0.429. The van der Waals surface area contributed by atoms with Gasteiger partial charge in [0.1, 0.15) is 0 Å². The summed E-state index contributed by atoms with van der Waals surface area (Å²) in [5, 5.41) is 9.48. The van der Waals surface area contributed by atoms with Crippen molar-refractivity contribution >= 4 is 18.3 Å². The molecule has 0 aliphatic heterocycles. The third-order valence-electron chi connectivity index (χ3n) is 1.60. The molecule has 1 rings (SSSR count). The Balaban J connectivity index is 3.35. The molecule has 0 amide bonds. The summed E-state index contributed by atoms with van der Waals surface area (Å²) < 4.78 is 5.41. The number of ether oxygens (including phenoxy) is 1. The molecule has 70 valence electrons. The predicted molar refractivity (Wildman–Crippen MR) is 51.1 cm³/mol. The van der Waals surface area contributed by atoms with E-state index in [4.69, 9.17) is 4.74 Å². The van der Waals surface area contributed by atoms with Crippen LogP contribution >= 0.6 is 12.6 Å². The van der Waals surface area contributed by atoms with Crippen LogP contribution in [0.3, 0.4) is 0 Å². The largest absolute Gasteiger partial charge is 0.500 e. The summed E-state index contributed by atoms with van der Waals surface area (Å²) in [5.41, 5.74) is 0.143. The third kappa shape index (κ3) is 1.92. The first-order chi connectivity index (χ1) is 6.06. The molecule has 0 bridgehead atoms. The number of phenols is 1. The normalized spacial score (nSPS) is 9.77. The van der Waals surface area contributed by atoms with Crippen LogP contribution in [-0.4, -0.2) is 24.0 Å². The Labute approximate surface area is 81.1 Å². The third-order valence-corrected chi connectivity index (χ3v) is 1.86. The summed E-state index contributed by atoms with van der Waals surface area (Å²) in [4.78, 5) is 11.5. The van der Waals surface area contributed by atoms with Crippen molar-refractivity contribution in [1.82, 2.24) is 0 Å². The van der Waals surface area contributed by atoms with Gasteiger partial charge in [-0.3, -0.25) is 0 Å². The maximum atomic E-state index is 11.0. The highest BCUT2D eigenvalue weighted by atomic mass is 32.1. The number of hydrogen-bond acceptors (Lipinski definition) is 4. The topological polar surface area (TPSA) is 49.5 Å². The SMILES string of the molecule is COc1cc(S)cc([N+](C)=O)c1O. The molecule has 0 heterocycles. The molecular formula is C8H10NO3S+. The van der Waals surface area contributed by atoms with Gasteiger partial charge in [-0.1, -0.05) is 0 Å². The number of nitroso groups, excluding NO2 is 1. The van der Waals surface area contributed by atoms with Crippen LogP contribution in [0.25, 0.3) is 0 Å². The molecule has 0 aromatic heterocycles. The number of methoxy groups -OCH3 is 1. The first-order valence-corrected chi connectivity index (χ1v) is 4.01. The van der Waals surface area contributed by atoms with Crippen molar-refractivity contribution in [2.75, 3.05) is 14.2 Å². The van der Waals surface area contributed by atoms with Gasteiger partial charge in [-0.05, 0) is 6.07 Å². The van der Waals surface area contributed by atoms with E-state index in [0.717, 1.165) is 0 Å². The quantitative estimate of drug-likeness (QED) is 0.564. The Morgan fingerprint density at radius 1 is 1.54 bits per heavy atom. The van der Waals surface area contributed by atoms with E-state index in [1.165, 1.54) is 26.3 Å². The summed E-state index contributed by atoms with van der Waals surface area (Å²) in [6, 6.07) is 3.00. The molecular weight excluding hydrogens is 190 g/mol. The van der Waals surface area contributed by atoms with Gasteiger partial charge in [-0.2, -0.15) is 0 Å². The van der Waals surface area contributed by atoms with Gasteiger partial charge in [-0.15, -0.1) is 12.6 Å². The second-order valence-corrected chi connectivity index (χ2v) is 3.03. The lowest BCUT2D eigenvalue weighted by Crippen LogP contribution is -1.93. The van der Waals surface area contributed by atoms with Crippen LogP contribution in [0, 0.1) is 4.91 Å². The fourth-order valence-electron chi connectivity index (χ4n) is 0.975. The summed E-state index contributed by atoms with van der Waals surface area (Å²) >= 11 is 4.06. The molecule has 0 fully saturated rings. The predicted octanol–water partition coefficient (Wildman–Crippen LogP) is 1.73. The van der Waals surface area contributed by atoms with Crippen LogP contribution in [-0.2, 0) is 0 Å². The van der Waals surface area contributed by atoms with Gasteiger partial charge in [0.05, 0.1) is 7.11 Å². The van der Waals surface area contributed by atoms with Crippen LogP contribution in [0.2, 0.25) is 0 Å². The molecule has 1 aromatic carbocycles. The van der Waals surface area contributed by atoms with Crippen LogP contribution in [0.4, 0.5) is 5.69 Å². The van der Waals surface area contributed by atoms with Gasteiger partial charge < -0.3 is 9.84 Å². The molecule has 5 heteroatoms. The van der Waals surface area contributed by atoms with Crippen molar-refractivity contribution in [2.45, 2.75) is 4.90 Å². The van der Waals surface area contributed by atoms with E-state index >= 15 is 0 Å². The van der Waals surface area contributed by atoms with Crippen molar-refractivity contribution in [3.63, 3.8) is 0 Å². The Morgan fingerprint density at radius 2 is 2.15 bits per heavy atom. The first-order valence-electron chi connectivity index (χ1n) is 3.57. The van der Waals surface area contributed by atoms with Gasteiger partial charge in [0.25, 0.3) is 0 Å². The van der Waals surface area contributed by atoms with Gasteiger partial charge in [-0.25, -0.2) is 0 Å². The van der Waals surface area contributed by atoms with E-state index in [-0.39, 0.29) is 17.2 Å². The van der Waals surface area contributed by atoms with Crippen LogP contribution in [0.15, 0.2) is 17.0 Å². The molecule has 0 unspecified atom stereocenters. The minimum absolute atomic E-state index is 0.143. The molecule has 0 atom stereocenters. The standard InChI is InChI=1S/C8H9NO3S/c1-9(11)6-3-5(13)4-7(12-2)8(6)10/h3-4H,1-2H3,(H-,10,11,13)/p+1. The van der Waals surface area contributed by atoms with Crippen LogP contribution in [0.5, 0.6) is 11.5 Å². The molecule has 0 saturated heterocycles. The Hall–Kier alpha value is -1.23. The number of hydrogen-bond donors (Lipinski definition) is 2. The van der Waals surface area contributed by atoms with Gasteiger partial charge >= 0.3 is 5.69 Å². The summed E-state index contributed by atoms with van der Waals surface area (Å²) in [6.07, 6.45) is 0. The number of benzene rings is 1. The molecule has 1 N–H and O–H groups in total. The molecule has 4 nitrogen and oxygen atoms in total. The minimum Gasteiger partial charge on any atom is -0.500 e. The van der Waals surface area contributed by atoms with E-state index in [1.54, 1.807) is 0 Å². The number of nitrogens with zero attached hydrogens (tertiary/aromatic N) is 1.